The van der Waals surface area contributed by atoms with Crippen LogP contribution in [0.2, 0.25) is 0 Å². The molecule has 0 unspecified atom stereocenters. The third-order valence-corrected chi connectivity index (χ3v) is 1.42. The molecule has 4 nitrogen and oxygen atoms in total. The molecule has 0 aromatic heterocycles. The third kappa shape index (κ3) is 1.04. The first-order chi connectivity index (χ1) is 4.25. The van der Waals surface area contributed by atoms with Gasteiger partial charge in [-0.05, 0) is 6.42 Å². The second kappa shape index (κ2) is 2.33. The number of nitrogens with one attached hydrogen (secondary N) is 1. The minimum atomic E-state index is -0.477. The molecule has 0 aromatic rings. The fourth-order valence-electron chi connectivity index (χ4n) is 0.781. The summed E-state index contributed by atoms with van der Waals surface area (Å²) in [6.07, 6.45) is 0.623. The minimum absolute atomic E-state index is 0.141. The number of carbonyl (C=O) groups excluding carboxylic acids is 1. The largest absolute Gasteiger partial charge is 0.318 e. The summed E-state index contributed by atoms with van der Waals surface area (Å²) >= 11 is 0. The van der Waals surface area contributed by atoms with Crippen LogP contribution in [0, 0.1) is 0 Å². The van der Waals surface area contributed by atoms with E-state index in [2.05, 4.69) is 5.48 Å². The van der Waals surface area contributed by atoms with Gasteiger partial charge in [-0.25, -0.2) is 5.48 Å². The van der Waals surface area contributed by atoms with Gasteiger partial charge in [0, 0.05) is 0 Å². The Balaban J connectivity index is 2.51. The number of rotatable bonds is 1. The predicted molar refractivity (Wildman–Crippen MR) is 31.3 cm³/mol. The molecule has 1 rings (SSSR count). The lowest BCUT2D eigenvalue weighted by Gasteiger charge is -2.05. The molecule has 1 aliphatic rings. The summed E-state index contributed by atoms with van der Waals surface area (Å²) in [6, 6.07) is -0.477. The van der Waals surface area contributed by atoms with E-state index >= 15 is 0 Å². The van der Waals surface area contributed by atoms with E-state index in [1.165, 1.54) is 0 Å². The lowest BCUT2D eigenvalue weighted by Crippen LogP contribution is -2.36. The highest BCUT2D eigenvalue weighted by Crippen LogP contribution is 2.06. The van der Waals surface area contributed by atoms with Crippen LogP contribution in [0.25, 0.3) is 0 Å². The van der Waals surface area contributed by atoms with Crippen LogP contribution in [0.15, 0.2) is 0 Å². The van der Waals surface area contributed by atoms with Crippen molar-refractivity contribution >= 4 is 5.91 Å². The van der Waals surface area contributed by atoms with Crippen molar-refractivity contribution in [1.82, 2.24) is 5.48 Å². The van der Waals surface area contributed by atoms with Gasteiger partial charge in [-0.15, -0.1) is 0 Å². The van der Waals surface area contributed by atoms with Crippen LogP contribution in [0.1, 0.15) is 13.3 Å². The molecule has 9 heavy (non-hydrogen) atoms. The Hall–Kier alpha value is -0.610. The van der Waals surface area contributed by atoms with Crippen molar-refractivity contribution in [3.8, 4) is 0 Å². The average Bonchev–Trinajstić information content (AvgIpc) is 2.15. The summed E-state index contributed by atoms with van der Waals surface area (Å²) in [6.45, 7) is 1.92. The van der Waals surface area contributed by atoms with Gasteiger partial charge in [-0.3, -0.25) is 9.63 Å². The van der Waals surface area contributed by atoms with Gasteiger partial charge in [0.2, 0.25) is 0 Å². The van der Waals surface area contributed by atoms with E-state index in [-0.39, 0.29) is 12.0 Å². The SMILES string of the molecule is CC[C@@H]1ONC(=O)[C@H]1N. The molecular formula is C5H10N2O2. The van der Waals surface area contributed by atoms with Gasteiger partial charge in [0.25, 0.3) is 5.91 Å². The van der Waals surface area contributed by atoms with Gasteiger partial charge >= 0.3 is 0 Å². The van der Waals surface area contributed by atoms with Crippen molar-refractivity contribution in [2.24, 2.45) is 5.73 Å². The van der Waals surface area contributed by atoms with Crippen LogP contribution in [0.5, 0.6) is 0 Å². The Labute approximate surface area is 53.3 Å². The zero-order valence-corrected chi connectivity index (χ0v) is 5.26. The van der Waals surface area contributed by atoms with E-state index < -0.39 is 6.04 Å². The second-order valence-electron chi connectivity index (χ2n) is 2.06. The predicted octanol–water partition coefficient (Wildman–Crippen LogP) is -0.846. The third-order valence-electron chi connectivity index (χ3n) is 1.42. The van der Waals surface area contributed by atoms with Gasteiger partial charge in [0.15, 0.2) is 0 Å². The molecular weight excluding hydrogens is 120 g/mol. The maximum atomic E-state index is 10.6. The van der Waals surface area contributed by atoms with E-state index in [9.17, 15) is 4.79 Å². The van der Waals surface area contributed by atoms with Crippen molar-refractivity contribution in [2.75, 3.05) is 0 Å². The highest BCUT2D eigenvalue weighted by atomic mass is 16.7. The van der Waals surface area contributed by atoms with Crippen LogP contribution < -0.4 is 11.2 Å². The molecule has 0 spiro atoms. The number of nitrogens with two attached hydrogens (primary N) is 1. The minimum Gasteiger partial charge on any atom is -0.318 e. The summed E-state index contributed by atoms with van der Waals surface area (Å²) < 4.78 is 0. The molecule has 1 aliphatic heterocycles. The summed E-state index contributed by atoms with van der Waals surface area (Å²) in [5, 5.41) is 0. The van der Waals surface area contributed by atoms with Crippen LogP contribution >= 0.6 is 0 Å². The fraction of sp³-hybridized carbons (Fsp3) is 0.800. The molecule has 4 heteroatoms. The lowest BCUT2D eigenvalue weighted by atomic mass is 10.1. The first-order valence-corrected chi connectivity index (χ1v) is 2.96. The molecule has 0 aliphatic carbocycles. The lowest BCUT2D eigenvalue weighted by molar-refractivity contribution is -0.125. The average molecular weight is 130 g/mol. The van der Waals surface area contributed by atoms with E-state index in [4.69, 9.17) is 10.6 Å². The van der Waals surface area contributed by atoms with Crippen LogP contribution in [0.4, 0.5) is 0 Å². The maximum Gasteiger partial charge on any atom is 0.263 e. The molecule has 0 radical (unpaired) electrons. The van der Waals surface area contributed by atoms with Crippen molar-refractivity contribution in [3.63, 3.8) is 0 Å². The van der Waals surface area contributed by atoms with Crippen molar-refractivity contribution in [3.05, 3.63) is 0 Å². The van der Waals surface area contributed by atoms with Gasteiger partial charge < -0.3 is 5.73 Å². The molecule has 52 valence electrons. The fourth-order valence-corrected chi connectivity index (χ4v) is 0.781. The van der Waals surface area contributed by atoms with E-state index in [1.54, 1.807) is 0 Å². The van der Waals surface area contributed by atoms with Gasteiger partial charge in [-0.1, -0.05) is 6.92 Å². The van der Waals surface area contributed by atoms with Crippen molar-refractivity contribution in [1.29, 1.82) is 0 Å². The summed E-state index contributed by atoms with van der Waals surface area (Å²) in [5.41, 5.74) is 7.60. The molecule has 1 fully saturated rings. The van der Waals surface area contributed by atoms with E-state index in [0.29, 0.717) is 0 Å². The number of hydroxylamine groups is 1. The summed E-state index contributed by atoms with van der Waals surface area (Å²) in [4.78, 5) is 15.4. The van der Waals surface area contributed by atoms with Gasteiger partial charge in [-0.2, -0.15) is 0 Å². The standard InChI is InChI=1S/C5H10N2O2/c1-2-3-4(6)5(8)7-9-3/h3-4H,2,6H2,1H3,(H,7,8)/t3-,4-/m0/s1. The quantitative estimate of drug-likeness (QED) is 0.486. The van der Waals surface area contributed by atoms with Gasteiger partial charge in [0.1, 0.15) is 12.1 Å². The van der Waals surface area contributed by atoms with E-state index in [0.717, 1.165) is 6.42 Å². The topological polar surface area (TPSA) is 64.3 Å². The molecule has 1 saturated heterocycles. The molecule has 0 aromatic carbocycles. The smallest absolute Gasteiger partial charge is 0.263 e. The molecule has 3 N–H and O–H groups in total. The number of carbonyl (C=O) groups is 1. The molecule has 1 heterocycles. The zero-order valence-electron chi connectivity index (χ0n) is 5.26. The van der Waals surface area contributed by atoms with Gasteiger partial charge in [0.05, 0.1) is 0 Å². The van der Waals surface area contributed by atoms with Crippen molar-refractivity contribution < 1.29 is 9.63 Å². The Morgan fingerprint density at radius 3 is 2.78 bits per heavy atom. The number of hydrogen-bond acceptors (Lipinski definition) is 3. The zero-order chi connectivity index (χ0) is 6.85. The summed E-state index contributed by atoms with van der Waals surface area (Å²) in [7, 11) is 0. The Kier molecular flexibility index (Phi) is 1.68. The summed E-state index contributed by atoms with van der Waals surface area (Å²) in [5.74, 6) is -0.221. The Morgan fingerprint density at radius 2 is 2.56 bits per heavy atom. The molecule has 0 saturated carbocycles. The maximum absolute atomic E-state index is 10.6. The van der Waals surface area contributed by atoms with Crippen LogP contribution in [-0.4, -0.2) is 18.1 Å². The monoisotopic (exact) mass is 130 g/mol. The highest BCUT2D eigenvalue weighted by Gasteiger charge is 2.31. The van der Waals surface area contributed by atoms with Crippen molar-refractivity contribution in [2.45, 2.75) is 25.5 Å². The van der Waals surface area contributed by atoms with E-state index in [1.807, 2.05) is 6.92 Å². The Morgan fingerprint density at radius 1 is 1.89 bits per heavy atom. The first-order valence-electron chi connectivity index (χ1n) is 2.96. The van der Waals surface area contributed by atoms with Crippen LogP contribution in [0.3, 0.4) is 0 Å². The normalized spacial score (nSPS) is 34.7. The van der Waals surface area contributed by atoms with Crippen LogP contribution in [-0.2, 0) is 9.63 Å². The number of amides is 1. The highest BCUT2D eigenvalue weighted by molar-refractivity contribution is 5.82. The molecule has 2 atom stereocenters. The molecule has 1 amide bonds. The molecule has 0 bridgehead atoms. The Bertz CT molecular complexity index is 126. The first kappa shape index (κ1) is 6.51. The second-order valence-corrected chi connectivity index (χ2v) is 2.06. The number of hydrogen-bond donors (Lipinski definition) is 2.